The molecule has 1 aliphatic carbocycles. The van der Waals surface area contributed by atoms with Crippen LogP contribution in [-0.2, 0) is 4.79 Å². The van der Waals surface area contributed by atoms with E-state index in [0.717, 1.165) is 24.3 Å². The molecular weight excluding hydrogens is 184 g/mol. The first kappa shape index (κ1) is 9.34. The predicted octanol–water partition coefficient (Wildman–Crippen LogP) is 0.489. The van der Waals surface area contributed by atoms with Crippen LogP contribution in [0.2, 0.25) is 0 Å². The van der Waals surface area contributed by atoms with Gasteiger partial charge < -0.3 is 11.1 Å². The molecule has 0 aromatic carbocycles. The molecule has 2 fully saturated rings. The lowest BCUT2D eigenvalue weighted by Gasteiger charge is -2.35. The van der Waals surface area contributed by atoms with Gasteiger partial charge in [-0.25, -0.2) is 0 Å². The van der Waals surface area contributed by atoms with Gasteiger partial charge in [-0.3, -0.25) is 4.79 Å². The Morgan fingerprint density at radius 3 is 2.46 bits per heavy atom. The average Bonchev–Trinajstić information content (AvgIpc) is 2.90. The molecule has 13 heavy (non-hydrogen) atoms. The number of rotatable bonds is 3. The lowest BCUT2D eigenvalue weighted by Crippen LogP contribution is -2.58. The lowest BCUT2D eigenvalue weighted by molar-refractivity contribution is -0.124. The molecule has 0 atom stereocenters. The molecule has 0 radical (unpaired) electrons. The first-order valence-electron chi connectivity index (χ1n) is 4.88. The van der Waals surface area contributed by atoms with E-state index < -0.39 is 0 Å². The average molecular weight is 200 g/mol. The third-order valence-corrected chi connectivity index (χ3v) is 3.86. The van der Waals surface area contributed by atoms with E-state index in [-0.39, 0.29) is 11.4 Å². The maximum atomic E-state index is 11.4. The minimum absolute atomic E-state index is 0.153. The first-order chi connectivity index (χ1) is 6.23. The van der Waals surface area contributed by atoms with E-state index in [4.69, 9.17) is 5.73 Å². The summed E-state index contributed by atoms with van der Waals surface area (Å²) in [6.07, 6.45) is 4.23. The van der Waals surface area contributed by atoms with Crippen LogP contribution in [0.15, 0.2) is 0 Å². The summed E-state index contributed by atoms with van der Waals surface area (Å²) in [6, 6.07) is 0.565. The molecule has 0 bridgehead atoms. The zero-order valence-electron chi connectivity index (χ0n) is 7.71. The first-order valence-corrected chi connectivity index (χ1v) is 6.04. The van der Waals surface area contributed by atoms with Crippen LogP contribution in [0, 0.1) is 0 Å². The molecule has 0 aromatic heterocycles. The topological polar surface area (TPSA) is 55.1 Å². The quantitative estimate of drug-likeness (QED) is 0.697. The molecule has 0 aromatic rings. The van der Waals surface area contributed by atoms with E-state index >= 15 is 0 Å². The molecule has 2 rings (SSSR count). The fourth-order valence-corrected chi connectivity index (χ4v) is 2.99. The van der Waals surface area contributed by atoms with Crippen LogP contribution in [0.1, 0.15) is 25.7 Å². The van der Waals surface area contributed by atoms with Gasteiger partial charge in [-0.1, -0.05) is 0 Å². The second-order valence-electron chi connectivity index (χ2n) is 3.98. The molecule has 1 saturated heterocycles. The molecule has 1 saturated carbocycles. The molecule has 0 unspecified atom stereocenters. The van der Waals surface area contributed by atoms with Crippen molar-refractivity contribution >= 4 is 17.7 Å². The van der Waals surface area contributed by atoms with Crippen LogP contribution in [0.3, 0.4) is 0 Å². The Balaban J connectivity index is 2.02. The Morgan fingerprint density at radius 2 is 2.00 bits per heavy atom. The number of amides is 1. The molecule has 3 N–H and O–H groups in total. The largest absolute Gasteiger partial charge is 0.368 e. The summed E-state index contributed by atoms with van der Waals surface area (Å²) in [5, 5.41) is 3.42. The highest BCUT2D eigenvalue weighted by atomic mass is 32.2. The smallest absolute Gasteiger partial charge is 0.237 e. The number of carbonyl (C=O) groups excluding carboxylic acids is 1. The Kier molecular flexibility index (Phi) is 2.51. The molecule has 1 aliphatic heterocycles. The fourth-order valence-electron chi connectivity index (χ4n) is 1.80. The van der Waals surface area contributed by atoms with Gasteiger partial charge in [0, 0.05) is 6.04 Å². The zero-order valence-corrected chi connectivity index (χ0v) is 8.53. The highest BCUT2D eigenvalue weighted by molar-refractivity contribution is 7.99. The summed E-state index contributed by atoms with van der Waals surface area (Å²) in [5.41, 5.74) is 5.10. The van der Waals surface area contributed by atoms with Gasteiger partial charge in [0.1, 0.15) is 0 Å². The molecule has 1 heterocycles. The normalized spacial score (nSPS) is 27.1. The van der Waals surface area contributed by atoms with Gasteiger partial charge in [0.2, 0.25) is 5.91 Å². The number of carbonyl (C=O) groups is 1. The Labute approximate surface area is 82.8 Å². The van der Waals surface area contributed by atoms with Crippen molar-refractivity contribution in [3.63, 3.8) is 0 Å². The maximum Gasteiger partial charge on any atom is 0.237 e. The van der Waals surface area contributed by atoms with Crippen LogP contribution in [0.5, 0.6) is 0 Å². The van der Waals surface area contributed by atoms with Gasteiger partial charge >= 0.3 is 0 Å². The molecule has 74 valence electrons. The van der Waals surface area contributed by atoms with Crippen molar-refractivity contribution in [3.05, 3.63) is 0 Å². The third kappa shape index (κ3) is 1.99. The lowest BCUT2D eigenvalue weighted by atomic mass is 9.91. The van der Waals surface area contributed by atoms with Crippen molar-refractivity contribution in [2.45, 2.75) is 37.3 Å². The van der Waals surface area contributed by atoms with Crippen LogP contribution in [-0.4, -0.2) is 29.0 Å². The highest BCUT2D eigenvalue weighted by Crippen LogP contribution is 2.31. The summed E-state index contributed by atoms with van der Waals surface area (Å²) in [4.78, 5) is 11.4. The van der Waals surface area contributed by atoms with Gasteiger partial charge in [0.15, 0.2) is 0 Å². The number of nitrogens with one attached hydrogen (secondary N) is 1. The Morgan fingerprint density at radius 1 is 1.38 bits per heavy atom. The standard InChI is InChI=1S/C9H16N2OS/c10-8(12)9(11-7-1-2-7)3-5-13-6-4-9/h7,11H,1-6H2,(H2,10,12). The minimum Gasteiger partial charge on any atom is -0.368 e. The molecule has 3 nitrogen and oxygen atoms in total. The predicted molar refractivity (Wildman–Crippen MR) is 54.6 cm³/mol. The van der Waals surface area contributed by atoms with Crippen molar-refractivity contribution in [2.75, 3.05) is 11.5 Å². The van der Waals surface area contributed by atoms with E-state index in [9.17, 15) is 4.79 Å². The van der Waals surface area contributed by atoms with E-state index in [0.29, 0.717) is 6.04 Å². The maximum absolute atomic E-state index is 11.4. The summed E-state index contributed by atoms with van der Waals surface area (Å²) >= 11 is 1.91. The number of hydrogen-bond donors (Lipinski definition) is 2. The SMILES string of the molecule is NC(=O)C1(NC2CC2)CCSCC1. The third-order valence-electron chi connectivity index (χ3n) is 2.88. The number of thioether (sulfide) groups is 1. The van der Waals surface area contributed by atoms with Crippen LogP contribution in [0.4, 0.5) is 0 Å². The Bertz CT molecular complexity index is 210. The van der Waals surface area contributed by atoms with Gasteiger partial charge in [-0.05, 0) is 37.2 Å². The molecule has 1 amide bonds. The summed E-state index contributed by atoms with van der Waals surface area (Å²) in [7, 11) is 0. The summed E-state index contributed by atoms with van der Waals surface area (Å²) < 4.78 is 0. The van der Waals surface area contributed by atoms with E-state index in [1.165, 1.54) is 12.8 Å². The van der Waals surface area contributed by atoms with Crippen LogP contribution in [0.25, 0.3) is 0 Å². The second-order valence-corrected chi connectivity index (χ2v) is 5.20. The molecule has 0 spiro atoms. The molecule has 2 aliphatic rings. The van der Waals surface area contributed by atoms with Gasteiger partial charge in [-0.15, -0.1) is 0 Å². The number of nitrogens with two attached hydrogens (primary N) is 1. The summed E-state index contributed by atoms with van der Waals surface area (Å²) in [6.45, 7) is 0. The van der Waals surface area contributed by atoms with Gasteiger partial charge in [-0.2, -0.15) is 11.8 Å². The van der Waals surface area contributed by atoms with Crippen LogP contribution < -0.4 is 11.1 Å². The minimum atomic E-state index is -0.369. The van der Waals surface area contributed by atoms with Crippen molar-refractivity contribution in [3.8, 4) is 0 Å². The van der Waals surface area contributed by atoms with Gasteiger partial charge in [0.25, 0.3) is 0 Å². The van der Waals surface area contributed by atoms with Crippen molar-refractivity contribution in [2.24, 2.45) is 5.73 Å². The highest BCUT2D eigenvalue weighted by Gasteiger charge is 2.41. The summed E-state index contributed by atoms with van der Waals surface area (Å²) in [5.74, 6) is 1.96. The number of hydrogen-bond acceptors (Lipinski definition) is 3. The van der Waals surface area contributed by atoms with Crippen molar-refractivity contribution < 1.29 is 4.79 Å². The number of primary amides is 1. The molecule has 4 heteroatoms. The Hall–Kier alpha value is -0.220. The monoisotopic (exact) mass is 200 g/mol. The molecular formula is C9H16N2OS. The van der Waals surface area contributed by atoms with Gasteiger partial charge in [0.05, 0.1) is 5.54 Å². The van der Waals surface area contributed by atoms with E-state index in [1.807, 2.05) is 11.8 Å². The van der Waals surface area contributed by atoms with Crippen LogP contribution >= 0.6 is 11.8 Å². The van der Waals surface area contributed by atoms with E-state index in [1.54, 1.807) is 0 Å². The van der Waals surface area contributed by atoms with Crippen molar-refractivity contribution in [1.29, 1.82) is 0 Å². The van der Waals surface area contributed by atoms with Crippen molar-refractivity contribution in [1.82, 2.24) is 5.32 Å². The zero-order chi connectivity index (χ0) is 9.31. The fraction of sp³-hybridized carbons (Fsp3) is 0.889. The second kappa shape index (κ2) is 3.50. The van der Waals surface area contributed by atoms with E-state index in [2.05, 4.69) is 5.32 Å².